The first-order chi connectivity index (χ1) is 7.17. The molecule has 2 nitrogen and oxygen atoms in total. The van der Waals surface area contributed by atoms with Crippen molar-refractivity contribution in [3.05, 3.63) is 30.3 Å². The fourth-order valence-electron chi connectivity index (χ4n) is 2.15. The van der Waals surface area contributed by atoms with Crippen LogP contribution in [0.4, 0.5) is 0 Å². The van der Waals surface area contributed by atoms with Crippen LogP contribution in [-0.4, -0.2) is 26.5 Å². The molecule has 3 heteroatoms. The number of hydrogen-bond acceptors (Lipinski definition) is 2. The van der Waals surface area contributed by atoms with Gasteiger partial charge in [-0.15, -0.1) is 0 Å². The van der Waals surface area contributed by atoms with Gasteiger partial charge in [0.15, 0.2) is 0 Å². The van der Waals surface area contributed by atoms with E-state index in [0.717, 1.165) is 12.3 Å². The Morgan fingerprint density at radius 1 is 0.933 bits per heavy atom. The van der Waals surface area contributed by atoms with Crippen molar-refractivity contribution in [2.24, 2.45) is 0 Å². The molecule has 0 heterocycles. The van der Waals surface area contributed by atoms with Crippen molar-refractivity contribution >= 4 is 12.4 Å². The summed E-state index contributed by atoms with van der Waals surface area (Å²) in [7, 11) is 0.936. The van der Waals surface area contributed by atoms with E-state index in [0.29, 0.717) is 0 Å². The van der Waals surface area contributed by atoms with Gasteiger partial charge in [-0.2, -0.15) is 0 Å². The minimum atomic E-state index is -2.59. The molecule has 0 bridgehead atoms. The van der Waals surface area contributed by atoms with Gasteiger partial charge in [0.2, 0.25) is 0 Å². The molecule has 0 aliphatic heterocycles. The van der Waals surface area contributed by atoms with Crippen LogP contribution in [0.5, 0.6) is 0 Å². The van der Waals surface area contributed by atoms with Gasteiger partial charge >= 0.3 is 92.1 Å². The Hall–Kier alpha value is -0.430. The zero-order chi connectivity index (χ0) is 11.4. The second-order valence-electron chi connectivity index (χ2n) is 3.65. The van der Waals surface area contributed by atoms with E-state index in [1.807, 2.05) is 18.2 Å². The number of rotatable bonds is 5. The van der Waals surface area contributed by atoms with Crippen molar-refractivity contribution in [2.75, 3.05) is 26.5 Å². The fraction of sp³-hybridized carbons (Fsp3) is 0.500. The van der Waals surface area contributed by atoms with Crippen LogP contribution < -0.4 is 5.30 Å². The van der Waals surface area contributed by atoms with Crippen LogP contribution in [0, 0.1) is 0 Å². The molecule has 86 valence electrons. The van der Waals surface area contributed by atoms with Gasteiger partial charge in [-0.1, -0.05) is 0 Å². The predicted molar refractivity (Wildman–Crippen MR) is 68.1 cm³/mol. The molecule has 0 fully saturated rings. The summed E-state index contributed by atoms with van der Waals surface area (Å²) < 4.78 is 11.7. The second kappa shape index (κ2) is 4.61. The van der Waals surface area contributed by atoms with E-state index in [1.165, 1.54) is 5.30 Å². The molecule has 0 unspecified atom stereocenters. The molecular formula is C12H21O2P. The summed E-state index contributed by atoms with van der Waals surface area (Å²) >= 11 is 0. The van der Waals surface area contributed by atoms with E-state index >= 15 is 0 Å². The maximum atomic E-state index is 5.87. The molecule has 0 aliphatic carbocycles. The van der Waals surface area contributed by atoms with E-state index in [2.05, 4.69) is 26.0 Å². The summed E-state index contributed by atoms with van der Waals surface area (Å²) in [5.74, 6) is 0. The standard InChI is InChI=1S/C12H21O2P/c1-5-15(6-2,13-3,14-4)12-10-8-7-9-11-12/h7-11H,5-6H2,1-4H3. The first-order valence-corrected chi connectivity index (χ1v) is 7.81. The number of benzene rings is 1. The summed E-state index contributed by atoms with van der Waals surface area (Å²) in [5.41, 5.74) is 0. The Morgan fingerprint density at radius 3 is 1.73 bits per heavy atom. The van der Waals surface area contributed by atoms with Crippen LogP contribution in [-0.2, 0) is 9.05 Å². The summed E-state index contributed by atoms with van der Waals surface area (Å²) in [5, 5.41) is 1.21. The Kier molecular flexibility index (Phi) is 3.88. The maximum absolute atomic E-state index is 5.87. The van der Waals surface area contributed by atoms with E-state index < -0.39 is 7.06 Å². The molecule has 1 rings (SSSR count). The van der Waals surface area contributed by atoms with Crippen LogP contribution in [0.25, 0.3) is 0 Å². The zero-order valence-corrected chi connectivity index (χ0v) is 11.0. The molecule has 0 radical (unpaired) electrons. The molecule has 0 aliphatic rings. The summed E-state index contributed by atoms with van der Waals surface area (Å²) in [4.78, 5) is 0. The Morgan fingerprint density at radius 2 is 1.40 bits per heavy atom. The van der Waals surface area contributed by atoms with Gasteiger partial charge in [-0.3, -0.25) is 0 Å². The van der Waals surface area contributed by atoms with Crippen LogP contribution in [0.1, 0.15) is 13.8 Å². The summed E-state index contributed by atoms with van der Waals surface area (Å²) in [6, 6.07) is 10.3. The summed E-state index contributed by atoms with van der Waals surface area (Å²) in [6.45, 7) is 4.28. The van der Waals surface area contributed by atoms with Gasteiger partial charge in [-0.25, -0.2) is 0 Å². The first-order valence-electron chi connectivity index (χ1n) is 5.36. The van der Waals surface area contributed by atoms with Crippen LogP contribution in [0.3, 0.4) is 0 Å². The average molecular weight is 228 g/mol. The van der Waals surface area contributed by atoms with Crippen molar-refractivity contribution in [3.63, 3.8) is 0 Å². The molecule has 0 atom stereocenters. The molecule has 0 saturated heterocycles. The average Bonchev–Trinajstić information content (AvgIpc) is 2.35. The van der Waals surface area contributed by atoms with E-state index in [-0.39, 0.29) is 0 Å². The first kappa shape index (κ1) is 12.6. The van der Waals surface area contributed by atoms with Crippen molar-refractivity contribution in [1.82, 2.24) is 0 Å². The third kappa shape index (κ3) is 1.82. The predicted octanol–water partition coefficient (Wildman–Crippen LogP) is 3.03. The van der Waals surface area contributed by atoms with Gasteiger partial charge in [0.05, 0.1) is 0 Å². The van der Waals surface area contributed by atoms with Crippen molar-refractivity contribution in [1.29, 1.82) is 0 Å². The van der Waals surface area contributed by atoms with Gasteiger partial charge in [0, 0.05) is 0 Å². The van der Waals surface area contributed by atoms with Crippen molar-refractivity contribution in [2.45, 2.75) is 13.8 Å². The Bertz CT molecular complexity index is 283. The molecule has 15 heavy (non-hydrogen) atoms. The third-order valence-electron chi connectivity index (χ3n) is 3.46. The fourth-order valence-corrected chi connectivity index (χ4v) is 5.77. The van der Waals surface area contributed by atoms with Gasteiger partial charge in [-0.05, 0) is 0 Å². The molecule has 1 aromatic carbocycles. The Balaban J connectivity index is 3.34. The van der Waals surface area contributed by atoms with E-state index in [9.17, 15) is 0 Å². The van der Waals surface area contributed by atoms with Crippen LogP contribution in [0.15, 0.2) is 30.3 Å². The normalized spacial score (nSPS) is 14.5. The molecule has 0 amide bonds. The molecular weight excluding hydrogens is 207 g/mol. The molecule has 0 saturated carbocycles. The van der Waals surface area contributed by atoms with Gasteiger partial charge < -0.3 is 0 Å². The number of hydrogen-bond donors (Lipinski definition) is 0. The quantitative estimate of drug-likeness (QED) is 0.721. The molecule has 0 aromatic heterocycles. The van der Waals surface area contributed by atoms with Gasteiger partial charge in [0.25, 0.3) is 0 Å². The second-order valence-corrected chi connectivity index (χ2v) is 8.78. The van der Waals surface area contributed by atoms with Crippen LogP contribution >= 0.6 is 7.06 Å². The topological polar surface area (TPSA) is 18.5 Å². The monoisotopic (exact) mass is 228 g/mol. The minimum absolute atomic E-state index is 0.916. The SMILES string of the molecule is CCP(CC)(OC)(OC)c1ccccc1. The van der Waals surface area contributed by atoms with Gasteiger partial charge in [0.1, 0.15) is 0 Å². The molecule has 0 N–H and O–H groups in total. The van der Waals surface area contributed by atoms with E-state index in [4.69, 9.17) is 9.05 Å². The Labute approximate surface area is 92.7 Å². The summed E-state index contributed by atoms with van der Waals surface area (Å²) in [6.07, 6.45) is 1.83. The van der Waals surface area contributed by atoms with E-state index in [1.54, 1.807) is 14.2 Å². The van der Waals surface area contributed by atoms with Crippen LogP contribution in [0.2, 0.25) is 0 Å². The zero-order valence-electron chi connectivity index (χ0n) is 10.1. The van der Waals surface area contributed by atoms with Crippen molar-refractivity contribution < 1.29 is 9.05 Å². The molecule has 1 aromatic rings. The molecule has 0 spiro atoms. The van der Waals surface area contributed by atoms with Crippen molar-refractivity contribution in [3.8, 4) is 0 Å². The third-order valence-corrected chi connectivity index (χ3v) is 9.17.